The van der Waals surface area contributed by atoms with Crippen molar-refractivity contribution in [3.63, 3.8) is 0 Å². The number of halogens is 1. The van der Waals surface area contributed by atoms with Crippen LogP contribution < -0.4 is 10.6 Å². The molecule has 7 nitrogen and oxygen atoms in total. The van der Waals surface area contributed by atoms with E-state index in [0.717, 1.165) is 78.0 Å². The summed E-state index contributed by atoms with van der Waals surface area (Å²) in [5.41, 5.74) is 0.0968. The summed E-state index contributed by atoms with van der Waals surface area (Å²) >= 11 is 0. The van der Waals surface area contributed by atoms with Crippen LogP contribution in [-0.4, -0.2) is 101 Å². The topological polar surface area (TPSA) is 61.4 Å². The SMILES string of the molecule is CCNC(=NCC1(N(C)C)CCOCC1)NCC(C(CC)CC)N1CCOCC1.I. The molecule has 178 valence electrons. The minimum atomic E-state index is 0. The molecule has 0 aromatic carbocycles. The van der Waals surface area contributed by atoms with E-state index in [1.54, 1.807) is 0 Å². The van der Waals surface area contributed by atoms with Crippen molar-refractivity contribution in [2.45, 2.75) is 58.0 Å². The first-order chi connectivity index (χ1) is 14.1. The average molecular weight is 540 g/mol. The van der Waals surface area contributed by atoms with Crippen molar-refractivity contribution in [2.24, 2.45) is 10.9 Å². The van der Waals surface area contributed by atoms with Crippen LogP contribution in [0.3, 0.4) is 0 Å². The molecule has 2 aliphatic rings. The minimum Gasteiger partial charge on any atom is -0.381 e. The molecule has 0 spiro atoms. The van der Waals surface area contributed by atoms with Crippen molar-refractivity contribution in [2.75, 3.05) is 73.2 Å². The highest BCUT2D eigenvalue weighted by molar-refractivity contribution is 14.0. The number of morpholine rings is 1. The summed E-state index contributed by atoms with van der Waals surface area (Å²) in [6.45, 7) is 14.8. The largest absolute Gasteiger partial charge is 0.381 e. The summed E-state index contributed by atoms with van der Waals surface area (Å²) in [7, 11) is 4.34. The van der Waals surface area contributed by atoms with Gasteiger partial charge in [0.15, 0.2) is 5.96 Å². The lowest BCUT2D eigenvalue weighted by molar-refractivity contribution is -0.00266. The van der Waals surface area contributed by atoms with Crippen LogP contribution in [-0.2, 0) is 9.47 Å². The smallest absolute Gasteiger partial charge is 0.191 e. The van der Waals surface area contributed by atoms with Crippen molar-refractivity contribution < 1.29 is 9.47 Å². The summed E-state index contributed by atoms with van der Waals surface area (Å²) < 4.78 is 11.2. The molecule has 0 bridgehead atoms. The van der Waals surface area contributed by atoms with E-state index < -0.39 is 0 Å². The van der Waals surface area contributed by atoms with Gasteiger partial charge in [-0.25, -0.2) is 0 Å². The Morgan fingerprint density at radius 3 is 2.13 bits per heavy atom. The zero-order valence-corrected chi connectivity index (χ0v) is 22.2. The van der Waals surface area contributed by atoms with Gasteiger partial charge in [-0.2, -0.15) is 0 Å². The van der Waals surface area contributed by atoms with E-state index in [2.05, 4.69) is 55.3 Å². The number of nitrogens with one attached hydrogen (secondary N) is 2. The van der Waals surface area contributed by atoms with Gasteiger partial charge in [0.2, 0.25) is 0 Å². The van der Waals surface area contributed by atoms with Gasteiger partial charge >= 0.3 is 0 Å². The molecule has 0 radical (unpaired) electrons. The third-order valence-corrected chi connectivity index (χ3v) is 6.83. The standard InChI is InChI=1S/C22H45N5O2.HI/c1-6-19(7-2)20(27-11-15-29-16-12-27)17-24-21(23-8-3)25-18-22(26(4)5)9-13-28-14-10-22;/h19-20H,6-18H2,1-5H3,(H2,23,24,25);1H. The van der Waals surface area contributed by atoms with Gasteiger partial charge in [0.05, 0.1) is 19.8 Å². The molecule has 2 saturated heterocycles. The van der Waals surface area contributed by atoms with Crippen molar-refractivity contribution in [3.05, 3.63) is 0 Å². The summed E-state index contributed by atoms with van der Waals surface area (Å²) in [5.74, 6) is 1.62. The Balaban J connectivity index is 0.00000450. The third-order valence-electron chi connectivity index (χ3n) is 6.83. The van der Waals surface area contributed by atoms with E-state index in [4.69, 9.17) is 14.5 Å². The molecule has 0 aromatic heterocycles. The molecule has 2 aliphatic heterocycles. The average Bonchev–Trinajstić information content (AvgIpc) is 2.76. The summed E-state index contributed by atoms with van der Waals surface area (Å²) in [4.78, 5) is 9.96. The Morgan fingerprint density at radius 1 is 1.00 bits per heavy atom. The molecule has 30 heavy (non-hydrogen) atoms. The highest BCUT2D eigenvalue weighted by Crippen LogP contribution is 2.26. The zero-order chi connectivity index (χ0) is 21.1. The molecular formula is C22H46IN5O2. The maximum Gasteiger partial charge on any atom is 0.191 e. The van der Waals surface area contributed by atoms with Crippen molar-refractivity contribution >= 4 is 29.9 Å². The predicted octanol–water partition coefficient (Wildman–Crippen LogP) is 2.41. The third kappa shape index (κ3) is 8.07. The van der Waals surface area contributed by atoms with Crippen molar-refractivity contribution in [1.82, 2.24) is 20.4 Å². The molecular weight excluding hydrogens is 493 g/mol. The molecule has 1 unspecified atom stereocenters. The van der Waals surface area contributed by atoms with E-state index in [0.29, 0.717) is 12.0 Å². The highest BCUT2D eigenvalue weighted by Gasteiger charge is 2.35. The van der Waals surface area contributed by atoms with E-state index in [9.17, 15) is 0 Å². The van der Waals surface area contributed by atoms with Crippen LogP contribution in [0.1, 0.15) is 46.5 Å². The highest BCUT2D eigenvalue weighted by atomic mass is 127. The molecule has 0 saturated carbocycles. The van der Waals surface area contributed by atoms with Crippen LogP contribution in [0.4, 0.5) is 0 Å². The molecule has 0 amide bonds. The van der Waals surface area contributed by atoms with Gasteiger partial charge in [0.1, 0.15) is 0 Å². The lowest BCUT2D eigenvalue weighted by Gasteiger charge is -2.42. The van der Waals surface area contributed by atoms with Gasteiger partial charge in [-0.05, 0) is 39.8 Å². The van der Waals surface area contributed by atoms with E-state index in [1.807, 2.05) is 0 Å². The van der Waals surface area contributed by atoms with Crippen LogP contribution in [0, 0.1) is 5.92 Å². The molecule has 2 rings (SSSR count). The fraction of sp³-hybridized carbons (Fsp3) is 0.955. The summed E-state index contributed by atoms with van der Waals surface area (Å²) in [5, 5.41) is 7.13. The maximum absolute atomic E-state index is 5.60. The second kappa shape index (κ2) is 14.8. The quantitative estimate of drug-likeness (QED) is 0.253. The number of nitrogens with zero attached hydrogens (tertiary/aromatic N) is 3. The van der Waals surface area contributed by atoms with Crippen molar-refractivity contribution in [1.29, 1.82) is 0 Å². The van der Waals surface area contributed by atoms with E-state index in [1.165, 1.54) is 12.8 Å². The van der Waals surface area contributed by atoms with E-state index >= 15 is 0 Å². The number of hydrogen-bond acceptors (Lipinski definition) is 5. The van der Waals surface area contributed by atoms with Crippen molar-refractivity contribution in [3.8, 4) is 0 Å². The number of rotatable bonds is 10. The second-order valence-electron chi connectivity index (χ2n) is 8.60. The molecule has 2 fully saturated rings. The Labute approximate surface area is 201 Å². The number of hydrogen-bond donors (Lipinski definition) is 2. The van der Waals surface area contributed by atoms with Crippen LogP contribution in [0.5, 0.6) is 0 Å². The Kier molecular flexibility index (Phi) is 13.8. The van der Waals surface area contributed by atoms with Gasteiger partial charge < -0.3 is 25.0 Å². The molecule has 0 aromatic rings. The van der Waals surface area contributed by atoms with E-state index in [-0.39, 0.29) is 29.5 Å². The predicted molar refractivity (Wildman–Crippen MR) is 136 cm³/mol. The summed E-state index contributed by atoms with van der Waals surface area (Å²) in [6.07, 6.45) is 4.48. The lowest BCUT2D eigenvalue weighted by atomic mass is 9.89. The fourth-order valence-electron chi connectivity index (χ4n) is 4.60. The normalized spacial score (nSPS) is 21.4. The molecule has 0 aliphatic carbocycles. The van der Waals surface area contributed by atoms with Gasteiger partial charge in [-0.1, -0.05) is 26.7 Å². The summed E-state index contributed by atoms with van der Waals surface area (Å²) in [6, 6.07) is 0.517. The number of guanidine groups is 1. The maximum atomic E-state index is 5.60. The first kappa shape index (κ1) is 27.9. The van der Waals surface area contributed by atoms with Crippen LogP contribution in [0.15, 0.2) is 4.99 Å². The first-order valence-corrected chi connectivity index (χ1v) is 11.7. The van der Waals surface area contributed by atoms with Gasteiger partial charge in [0.25, 0.3) is 0 Å². The number of aliphatic imine (C=N–C) groups is 1. The van der Waals surface area contributed by atoms with Crippen LogP contribution in [0.25, 0.3) is 0 Å². The molecule has 2 N–H and O–H groups in total. The Bertz CT molecular complexity index is 476. The monoisotopic (exact) mass is 539 g/mol. The zero-order valence-electron chi connectivity index (χ0n) is 19.9. The molecule has 8 heteroatoms. The van der Waals surface area contributed by atoms with Crippen LogP contribution in [0.2, 0.25) is 0 Å². The lowest BCUT2D eigenvalue weighted by Crippen LogP contribution is -2.54. The van der Waals surface area contributed by atoms with Gasteiger partial charge in [0, 0.05) is 51.0 Å². The second-order valence-corrected chi connectivity index (χ2v) is 8.60. The van der Waals surface area contributed by atoms with Gasteiger partial charge in [-0.3, -0.25) is 9.89 Å². The first-order valence-electron chi connectivity index (χ1n) is 11.7. The number of likely N-dealkylation sites (N-methyl/N-ethyl adjacent to an activating group) is 1. The molecule has 2 heterocycles. The van der Waals surface area contributed by atoms with Crippen LogP contribution >= 0.6 is 24.0 Å². The minimum absolute atomic E-state index is 0. The molecule has 1 atom stereocenters. The fourth-order valence-corrected chi connectivity index (χ4v) is 4.60. The Hall–Kier alpha value is -0.160. The Morgan fingerprint density at radius 2 is 1.60 bits per heavy atom. The number of ether oxygens (including phenoxy) is 2. The van der Waals surface area contributed by atoms with Gasteiger partial charge in [-0.15, -0.1) is 24.0 Å².